The Morgan fingerprint density at radius 3 is 2.59 bits per heavy atom. The molecule has 1 rings (SSSR count). The summed E-state index contributed by atoms with van der Waals surface area (Å²) in [6.45, 7) is 6.25. The molecule has 1 aromatic heterocycles. The van der Waals surface area contributed by atoms with E-state index in [1.54, 1.807) is 0 Å². The summed E-state index contributed by atoms with van der Waals surface area (Å²) in [5, 5.41) is 11.3. The lowest BCUT2D eigenvalue weighted by Crippen LogP contribution is -2.17. The molecule has 1 atom stereocenters. The summed E-state index contributed by atoms with van der Waals surface area (Å²) in [6.07, 6.45) is 3.90. The molecular weight excluding hydrogens is 220 g/mol. The molecule has 0 aromatic carbocycles. The van der Waals surface area contributed by atoms with Crippen molar-refractivity contribution in [2.75, 3.05) is 0 Å². The molecule has 1 heterocycles. The third-order valence-corrected chi connectivity index (χ3v) is 2.12. The van der Waals surface area contributed by atoms with Gasteiger partial charge in [0.05, 0.1) is 18.5 Å². The van der Waals surface area contributed by atoms with Crippen molar-refractivity contribution in [3.8, 4) is 5.88 Å². The Morgan fingerprint density at radius 2 is 2.12 bits per heavy atom. The number of nitrogens with two attached hydrogens (primary N) is 1. The van der Waals surface area contributed by atoms with Crippen LogP contribution in [-0.2, 0) is 0 Å². The van der Waals surface area contributed by atoms with E-state index in [0.717, 1.165) is 6.42 Å². The van der Waals surface area contributed by atoms with E-state index in [1.807, 2.05) is 6.92 Å². The number of ether oxygens (including phenoxy) is 1. The van der Waals surface area contributed by atoms with Gasteiger partial charge in [-0.05, 0) is 19.3 Å². The van der Waals surface area contributed by atoms with Crippen LogP contribution in [0.5, 0.6) is 5.88 Å². The molecule has 17 heavy (non-hydrogen) atoms. The van der Waals surface area contributed by atoms with Crippen LogP contribution < -0.4 is 10.5 Å². The summed E-state index contributed by atoms with van der Waals surface area (Å²) < 4.78 is 5.58. The monoisotopic (exact) mass is 238 g/mol. The van der Waals surface area contributed by atoms with E-state index < -0.39 is 0 Å². The molecule has 1 unspecified atom stereocenters. The van der Waals surface area contributed by atoms with Gasteiger partial charge in [0.25, 0.3) is 0 Å². The summed E-state index contributed by atoms with van der Waals surface area (Å²) in [5.74, 6) is 0.932. The lowest BCUT2D eigenvalue weighted by Gasteiger charge is -2.15. The number of amidine groups is 1. The van der Waals surface area contributed by atoms with Crippen molar-refractivity contribution in [2.45, 2.75) is 33.3 Å². The Balaban J connectivity index is 2.62. The molecule has 0 aliphatic carbocycles. The van der Waals surface area contributed by atoms with Crippen molar-refractivity contribution >= 4 is 5.84 Å². The molecule has 1 aromatic rings. The second kappa shape index (κ2) is 6.03. The lowest BCUT2D eigenvalue weighted by molar-refractivity contribution is 0.185. The fourth-order valence-corrected chi connectivity index (χ4v) is 1.48. The van der Waals surface area contributed by atoms with E-state index >= 15 is 0 Å². The molecule has 6 nitrogen and oxygen atoms in total. The molecule has 0 bridgehead atoms. The topological polar surface area (TPSA) is 93.6 Å². The number of oxime groups is 1. The Kier molecular flexibility index (Phi) is 4.68. The van der Waals surface area contributed by atoms with E-state index in [9.17, 15) is 0 Å². The molecule has 0 radical (unpaired) electrons. The van der Waals surface area contributed by atoms with Crippen LogP contribution in [0.4, 0.5) is 0 Å². The van der Waals surface area contributed by atoms with Crippen LogP contribution in [0, 0.1) is 5.92 Å². The lowest BCUT2D eigenvalue weighted by atomic mass is 10.1. The second-order valence-corrected chi connectivity index (χ2v) is 4.28. The maximum Gasteiger partial charge on any atom is 0.232 e. The van der Waals surface area contributed by atoms with Crippen LogP contribution in [0.15, 0.2) is 17.5 Å². The van der Waals surface area contributed by atoms with Gasteiger partial charge in [-0.2, -0.15) is 0 Å². The summed E-state index contributed by atoms with van der Waals surface area (Å²) in [4.78, 5) is 8.02. The van der Waals surface area contributed by atoms with Crippen LogP contribution in [0.3, 0.4) is 0 Å². The first-order valence-electron chi connectivity index (χ1n) is 5.49. The molecular formula is C11H18N4O2. The summed E-state index contributed by atoms with van der Waals surface area (Å²) in [6, 6.07) is 0. The smallest absolute Gasteiger partial charge is 0.232 e. The van der Waals surface area contributed by atoms with Crippen LogP contribution in [0.1, 0.15) is 32.9 Å². The van der Waals surface area contributed by atoms with Gasteiger partial charge in [0.2, 0.25) is 5.88 Å². The zero-order valence-electron chi connectivity index (χ0n) is 10.3. The fourth-order valence-electron chi connectivity index (χ4n) is 1.48. The van der Waals surface area contributed by atoms with Crippen LogP contribution in [0.25, 0.3) is 0 Å². The predicted molar refractivity (Wildman–Crippen MR) is 64.1 cm³/mol. The van der Waals surface area contributed by atoms with Gasteiger partial charge < -0.3 is 15.7 Å². The summed E-state index contributed by atoms with van der Waals surface area (Å²) in [5.41, 5.74) is 5.68. The average molecular weight is 238 g/mol. The van der Waals surface area contributed by atoms with Gasteiger partial charge in [-0.1, -0.05) is 19.0 Å². The minimum Gasteiger partial charge on any atom is -0.474 e. The molecule has 0 aliphatic heterocycles. The largest absolute Gasteiger partial charge is 0.474 e. The second-order valence-electron chi connectivity index (χ2n) is 4.28. The molecule has 0 saturated heterocycles. The standard InChI is InChI=1S/C11H18N4O2/c1-7(2)4-8(3)17-10-6-13-9(5-14-10)11(12)15-16/h5-8,16H,4H2,1-3H3,(H2,12,15). The van der Waals surface area contributed by atoms with E-state index in [0.29, 0.717) is 17.5 Å². The highest BCUT2D eigenvalue weighted by Crippen LogP contribution is 2.12. The Bertz CT molecular complexity index is 376. The average Bonchev–Trinajstić information content (AvgIpc) is 2.28. The molecule has 0 aliphatic rings. The van der Waals surface area contributed by atoms with Crippen LogP contribution >= 0.6 is 0 Å². The van der Waals surface area contributed by atoms with E-state index in [2.05, 4.69) is 29.0 Å². The maximum atomic E-state index is 8.47. The zero-order valence-corrected chi connectivity index (χ0v) is 10.3. The van der Waals surface area contributed by atoms with Crippen LogP contribution in [-0.4, -0.2) is 27.1 Å². The van der Waals surface area contributed by atoms with Gasteiger partial charge in [-0.25, -0.2) is 9.97 Å². The molecule has 0 amide bonds. The summed E-state index contributed by atoms with van der Waals surface area (Å²) >= 11 is 0. The Hall–Kier alpha value is -1.85. The number of nitrogens with zero attached hydrogens (tertiary/aromatic N) is 3. The van der Waals surface area contributed by atoms with Crippen molar-refractivity contribution in [2.24, 2.45) is 16.8 Å². The number of hydrogen-bond donors (Lipinski definition) is 2. The number of rotatable bonds is 5. The highest BCUT2D eigenvalue weighted by atomic mass is 16.5. The first kappa shape index (κ1) is 13.2. The highest BCUT2D eigenvalue weighted by Gasteiger charge is 2.08. The van der Waals surface area contributed by atoms with Gasteiger partial charge in [-0.3, -0.25) is 0 Å². The van der Waals surface area contributed by atoms with Gasteiger partial charge in [0.15, 0.2) is 5.84 Å². The third-order valence-electron chi connectivity index (χ3n) is 2.12. The Labute approximate surface area is 101 Å². The van der Waals surface area contributed by atoms with Gasteiger partial charge >= 0.3 is 0 Å². The van der Waals surface area contributed by atoms with E-state index in [4.69, 9.17) is 15.7 Å². The van der Waals surface area contributed by atoms with Gasteiger partial charge in [0.1, 0.15) is 5.69 Å². The molecule has 0 saturated carbocycles. The minimum absolute atomic E-state index is 0.0701. The quantitative estimate of drug-likeness (QED) is 0.350. The first-order chi connectivity index (χ1) is 8.02. The fraction of sp³-hybridized carbons (Fsp3) is 0.545. The summed E-state index contributed by atoms with van der Waals surface area (Å²) in [7, 11) is 0. The van der Waals surface area contributed by atoms with E-state index in [-0.39, 0.29) is 11.9 Å². The van der Waals surface area contributed by atoms with Gasteiger partial charge in [0, 0.05) is 0 Å². The molecule has 0 fully saturated rings. The Morgan fingerprint density at radius 1 is 1.41 bits per heavy atom. The predicted octanol–water partition coefficient (Wildman–Crippen LogP) is 1.38. The van der Waals surface area contributed by atoms with Crippen molar-refractivity contribution in [1.29, 1.82) is 0 Å². The number of aromatic nitrogens is 2. The van der Waals surface area contributed by atoms with Crippen molar-refractivity contribution in [3.05, 3.63) is 18.1 Å². The van der Waals surface area contributed by atoms with E-state index in [1.165, 1.54) is 12.4 Å². The maximum absolute atomic E-state index is 8.47. The van der Waals surface area contributed by atoms with Crippen molar-refractivity contribution in [1.82, 2.24) is 9.97 Å². The highest BCUT2D eigenvalue weighted by molar-refractivity contribution is 5.94. The minimum atomic E-state index is -0.0701. The number of hydrogen-bond acceptors (Lipinski definition) is 5. The first-order valence-corrected chi connectivity index (χ1v) is 5.49. The molecule has 3 N–H and O–H groups in total. The van der Waals surface area contributed by atoms with Crippen molar-refractivity contribution in [3.63, 3.8) is 0 Å². The molecule has 6 heteroatoms. The SMILES string of the molecule is CC(C)CC(C)Oc1cnc(C(N)=NO)cn1. The van der Waals surface area contributed by atoms with Crippen molar-refractivity contribution < 1.29 is 9.94 Å². The molecule has 94 valence electrons. The molecule has 0 spiro atoms. The van der Waals surface area contributed by atoms with Gasteiger partial charge in [-0.15, -0.1) is 0 Å². The normalized spacial score (nSPS) is 13.8. The third kappa shape index (κ3) is 4.26. The zero-order chi connectivity index (χ0) is 12.8. The van der Waals surface area contributed by atoms with Crippen LogP contribution in [0.2, 0.25) is 0 Å².